The predicted octanol–water partition coefficient (Wildman–Crippen LogP) is 1.04. The van der Waals surface area contributed by atoms with Crippen LogP contribution in [0.4, 0.5) is 0 Å². The molecule has 0 radical (unpaired) electrons. The zero-order chi connectivity index (χ0) is 7.28. The lowest BCUT2D eigenvalue weighted by atomic mass is 10.3. The highest BCUT2D eigenvalue weighted by Crippen LogP contribution is 1.85. The van der Waals surface area contributed by atoms with Crippen molar-refractivity contribution in [2.45, 2.75) is 13.3 Å². The van der Waals surface area contributed by atoms with Gasteiger partial charge >= 0.3 is 0 Å². The van der Waals surface area contributed by atoms with Crippen molar-refractivity contribution in [1.82, 2.24) is 4.90 Å². The second-order valence-corrected chi connectivity index (χ2v) is 2.25. The van der Waals surface area contributed by atoms with E-state index in [4.69, 9.17) is 0 Å². The minimum absolute atomic E-state index is 0.202. The molecule has 0 aliphatic rings. The largest absolute Gasteiger partial charge is 0.384 e. The van der Waals surface area contributed by atoms with Crippen LogP contribution in [0.1, 0.15) is 13.3 Å². The zero-order valence-electron chi connectivity index (χ0n) is 6.22. The van der Waals surface area contributed by atoms with E-state index in [9.17, 15) is 4.79 Å². The van der Waals surface area contributed by atoms with Gasteiger partial charge in [-0.1, -0.05) is 6.08 Å². The van der Waals surface area contributed by atoms with Crippen LogP contribution in [0.3, 0.4) is 0 Å². The number of Topliss-reactive ketones (excluding diaryl/α,β-unsaturated/α-hetero) is 1. The summed E-state index contributed by atoms with van der Waals surface area (Å²) in [5, 5.41) is 0. The molecule has 0 aromatic rings. The number of rotatable bonds is 3. The molecule has 0 N–H and O–H groups in total. The number of hydrogen-bond donors (Lipinski definition) is 0. The highest BCUT2D eigenvalue weighted by molar-refractivity contribution is 5.76. The van der Waals surface area contributed by atoms with E-state index < -0.39 is 0 Å². The van der Waals surface area contributed by atoms with Crippen LogP contribution in [0, 0.1) is 0 Å². The molecule has 0 fully saturated rings. The number of nitrogens with zero attached hydrogens (tertiary/aromatic N) is 1. The number of carbonyl (C=O) groups excluding carboxylic acids is 1. The van der Waals surface area contributed by atoms with Gasteiger partial charge in [0.2, 0.25) is 0 Å². The Morgan fingerprint density at radius 2 is 2.11 bits per heavy atom. The van der Waals surface area contributed by atoms with Gasteiger partial charge < -0.3 is 4.90 Å². The Kier molecular flexibility index (Phi) is 3.76. The molecule has 0 aliphatic heterocycles. The smallest absolute Gasteiger partial charge is 0.133 e. The number of allylic oxidation sites excluding steroid dienone is 1. The molecule has 52 valence electrons. The standard InChI is InChI=1S/C7H13NO/c1-7(9)5-4-6-8(2)3/h4,6H,5H2,1-3H3. The number of ketones is 1. The fourth-order valence-electron chi connectivity index (χ4n) is 0.429. The van der Waals surface area contributed by atoms with E-state index in [2.05, 4.69) is 0 Å². The second kappa shape index (κ2) is 4.13. The summed E-state index contributed by atoms with van der Waals surface area (Å²) < 4.78 is 0. The van der Waals surface area contributed by atoms with Gasteiger partial charge in [0.05, 0.1) is 0 Å². The Morgan fingerprint density at radius 1 is 1.56 bits per heavy atom. The summed E-state index contributed by atoms with van der Waals surface area (Å²) in [5.74, 6) is 0.202. The molecule has 0 saturated carbocycles. The second-order valence-electron chi connectivity index (χ2n) is 2.25. The first kappa shape index (κ1) is 8.21. The van der Waals surface area contributed by atoms with Crippen molar-refractivity contribution < 1.29 is 4.79 Å². The van der Waals surface area contributed by atoms with Crippen molar-refractivity contribution in [3.8, 4) is 0 Å². The molecule has 2 heteroatoms. The van der Waals surface area contributed by atoms with Gasteiger partial charge in [-0.05, 0) is 13.1 Å². The Hall–Kier alpha value is -0.790. The highest BCUT2D eigenvalue weighted by Gasteiger charge is 1.84. The van der Waals surface area contributed by atoms with Crippen molar-refractivity contribution in [1.29, 1.82) is 0 Å². The lowest BCUT2D eigenvalue weighted by Crippen LogP contribution is -2.00. The summed E-state index contributed by atoms with van der Waals surface area (Å²) in [5.41, 5.74) is 0. The third kappa shape index (κ3) is 7.21. The number of carbonyl (C=O) groups is 1. The van der Waals surface area contributed by atoms with Crippen LogP contribution in [0.15, 0.2) is 12.3 Å². The maximum absolute atomic E-state index is 10.4. The lowest BCUT2D eigenvalue weighted by molar-refractivity contribution is -0.116. The highest BCUT2D eigenvalue weighted by atomic mass is 16.1. The molecule has 0 unspecified atom stereocenters. The molecule has 9 heavy (non-hydrogen) atoms. The molecule has 0 bridgehead atoms. The van der Waals surface area contributed by atoms with Crippen LogP contribution in [-0.2, 0) is 4.79 Å². The molecule has 0 rings (SSSR count). The summed E-state index contributed by atoms with van der Waals surface area (Å²) >= 11 is 0. The topological polar surface area (TPSA) is 20.3 Å². The van der Waals surface area contributed by atoms with Crippen LogP contribution >= 0.6 is 0 Å². The Bertz CT molecular complexity index is 116. The maximum atomic E-state index is 10.4. The minimum atomic E-state index is 0.202. The average molecular weight is 127 g/mol. The number of hydrogen-bond acceptors (Lipinski definition) is 2. The van der Waals surface area contributed by atoms with E-state index in [0.717, 1.165) is 0 Å². The van der Waals surface area contributed by atoms with E-state index in [0.29, 0.717) is 6.42 Å². The SMILES string of the molecule is CC(=O)CC=CN(C)C. The van der Waals surface area contributed by atoms with Gasteiger partial charge in [-0.3, -0.25) is 4.79 Å². The van der Waals surface area contributed by atoms with Gasteiger partial charge in [0, 0.05) is 20.5 Å². The third-order valence-electron chi connectivity index (χ3n) is 0.809. The molecular weight excluding hydrogens is 114 g/mol. The molecule has 0 aliphatic carbocycles. The predicted molar refractivity (Wildman–Crippen MR) is 38.1 cm³/mol. The van der Waals surface area contributed by atoms with Gasteiger partial charge in [-0.15, -0.1) is 0 Å². The van der Waals surface area contributed by atoms with E-state index >= 15 is 0 Å². The fourth-order valence-corrected chi connectivity index (χ4v) is 0.429. The molecular formula is C7H13NO. The normalized spacial score (nSPS) is 10.1. The summed E-state index contributed by atoms with van der Waals surface area (Å²) in [4.78, 5) is 12.3. The van der Waals surface area contributed by atoms with Crippen molar-refractivity contribution in [2.24, 2.45) is 0 Å². The molecule has 0 heterocycles. The van der Waals surface area contributed by atoms with E-state index in [1.54, 1.807) is 6.92 Å². The van der Waals surface area contributed by atoms with Gasteiger partial charge in [0.25, 0.3) is 0 Å². The monoisotopic (exact) mass is 127 g/mol. The summed E-state index contributed by atoms with van der Waals surface area (Å²) in [6, 6.07) is 0. The average Bonchev–Trinajstić information content (AvgIpc) is 1.63. The summed E-state index contributed by atoms with van der Waals surface area (Å²) in [7, 11) is 3.85. The van der Waals surface area contributed by atoms with Crippen molar-refractivity contribution in [3.05, 3.63) is 12.3 Å². The zero-order valence-corrected chi connectivity index (χ0v) is 6.22. The van der Waals surface area contributed by atoms with Crippen LogP contribution in [-0.4, -0.2) is 24.8 Å². The Morgan fingerprint density at radius 3 is 2.44 bits per heavy atom. The van der Waals surface area contributed by atoms with Crippen molar-refractivity contribution in [2.75, 3.05) is 14.1 Å². The van der Waals surface area contributed by atoms with Crippen LogP contribution in [0.2, 0.25) is 0 Å². The first-order valence-corrected chi connectivity index (χ1v) is 2.95. The van der Waals surface area contributed by atoms with Crippen molar-refractivity contribution in [3.63, 3.8) is 0 Å². The molecule has 0 spiro atoms. The third-order valence-corrected chi connectivity index (χ3v) is 0.809. The molecule has 2 nitrogen and oxygen atoms in total. The van der Waals surface area contributed by atoms with Gasteiger partial charge in [0.1, 0.15) is 5.78 Å². The Balaban J connectivity index is 3.36. The minimum Gasteiger partial charge on any atom is -0.384 e. The van der Waals surface area contributed by atoms with Crippen molar-refractivity contribution >= 4 is 5.78 Å². The molecule has 0 saturated heterocycles. The van der Waals surface area contributed by atoms with E-state index in [-0.39, 0.29) is 5.78 Å². The van der Waals surface area contributed by atoms with Gasteiger partial charge in [0.15, 0.2) is 0 Å². The molecule has 0 aromatic heterocycles. The van der Waals surface area contributed by atoms with Crippen LogP contribution in [0.25, 0.3) is 0 Å². The Labute approximate surface area is 56.2 Å². The van der Waals surface area contributed by atoms with E-state index in [1.807, 2.05) is 31.3 Å². The molecule has 0 aromatic carbocycles. The van der Waals surface area contributed by atoms with Gasteiger partial charge in [-0.25, -0.2) is 0 Å². The lowest BCUT2D eigenvalue weighted by Gasteiger charge is -2.01. The van der Waals surface area contributed by atoms with E-state index in [1.165, 1.54) is 0 Å². The quantitative estimate of drug-likeness (QED) is 0.564. The molecule has 0 amide bonds. The summed E-state index contributed by atoms with van der Waals surface area (Å²) in [6.45, 7) is 1.58. The summed E-state index contributed by atoms with van der Waals surface area (Å²) in [6.07, 6.45) is 4.27. The van der Waals surface area contributed by atoms with Crippen LogP contribution in [0.5, 0.6) is 0 Å². The molecule has 0 atom stereocenters. The first-order valence-electron chi connectivity index (χ1n) is 2.95. The maximum Gasteiger partial charge on any atom is 0.133 e. The fraction of sp³-hybridized carbons (Fsp3) is 0.571. The van der Waals surface area contributed by atoms with Crippen LogP contribution < -0.4 is 0 Å². The van der Waals surface area contributed by atoms with Gasteiger partial charge in [-0.2, -0.15) is 0 Å². The first-order chi connectivity index (χ1) is 4.13.